The Bertz CT molecular complexity index is 329. The second kappa shape index (κ2) is 4.53. The van der Waals surface area contributed by atoms with E-state index in [4.69, 9.17) is 30.9 Å². The van der Waals surface area contributed by atoms with E-state index in [-0.39, 0.29) is 17.0 Å². The predicted octanol–water partition coefficient (Wildman–Crippen LogP) is 1.44. The van der Waals surface area contributed by atoms with Crippen LogP contribution in [0.5, 0.6) is 0 Å². The first-order valence-corrected chi connectivity index (χ1v) is 6.42. The minimum absolute atomic E-state index is 0.0302. The van der Waals surface area contributed by atoms with Crippen LogP contribution in [-0.4, -0.2) is 35.6 Å². The van der Waals surface area contributed by atoms with Crippen molar-refractivity contribution < 1.29 is 23.8 Å². The van der Waals surface area contributed by atoms with Gasteiger partial charge in [-0.1, -0.05) is 11.6 Å². The number of aliphatic hydroxyl groups is 2. The third-order valence-corrected chi connectivity index (χ3v) is 5.15. The summed E-state index contributed by atoms with van der Waals surface area (Å²) in [5, 5.41) is 18.3. The molecule has 0 saturated carbocycles. The Morgan fingerprint density at radius 1 is 1.60 bits per heavy atom. The summed E-state index contributed by atoms with van der Waals surface area (Å²) >= 11 is 5.89. The van der Waals surface area contributed by atoms with Crippen LogP contribution in [0, 0.1) is 0 Å². The predicted molar refractivity (Wildman–Crippen MR) is 55.8 cm³/mol. The third-order valence-electron chi connectivity index (χ3n) is 2.12. The van der Waals surface area contributed by atoms with E-state index in [1.807, 2.05) is 0 Å². The van der Waals surface area contributed by atoms with E-state index < -0.39 is 26.4 Å². The molecule has 0 aromatic rings. The molecular formula is C8H14ClO5P. The Hall–Kier alpha value is 0.1000. The second-order valence-corrected chi connectivity index (χ2v) is 5.67. The van der Waals surface area contributed by atoms with Crippen molar-refractivity contribution in [2.24, 2.45) is 0 Å². The van der Waals surface area contributed by atoms with Crippen LogP contribution in [0.2, 0.25) is 0 Å². The van der Waals surface area contributed by atoms with Crippen LogP contribution >= 0.6 is 19.2 Å². The van der Waals surface area contributed by atoms with Gasteiger partial charge in [0, 0.05) is 0 Å². The summed E-state index contributed by atoms with van der Waals surface area (Å²) in [5.41, 5.74) is -1.25. The zero-order valence-corrected chi connectivity index (χ0v) is 10.2. The van der Waals surface area contributed by atoms with Crippen molar-refractivity contribution in [2.45, 2.75) is 19.4 Å². The number of aliphatic hydroxyl groups excluding tert-OH is 2. The van der Waals surface area contributed by atoms with Crippen LogP contribution in [0.3, 0.4) is 0 Å². The summed E-state index contributed by atoms with van der Waals surface area (Å²) in [5.74, 6) is 0. The quantitative estimate of drug-likeness (QED) is 0.745. The fraction of sp³-hybridized carbons (Fsp3) is 0.750. The van der Waals surface area contributed by atoms with Gasteiger partial charge in [-0.15, -0.1) is 0 Å². The van der Waals surface area contributed by atoms with Gasteiger partial charge < -0.3 is 14.7 Å². The van der Waals surface area contributed by atoms with Gasteiger partial charge in [-0.05, 0) is 13.8 Å². The third kappa shape index (κ3) is 2.13. The number of halogens is 1. The Morgan fingerprint density at radius 3 is 2.60 bits per heavy atom. The Kier molecular flexibility index (Phi) is 3.98. The standard InChI is InChI=1S/C8H14ClO5P/c1-3-13-15(12)6(4-10)7(9)8(2,5-11)14-15/h10-11H,3-5H2,1-2H3. The molecule has 1 aliphatic rings. The lowest BCUT2D eigenvalue weighted by Gasteiger charge is -2.22. The van der Waals surface area contributed by atoms with Gasteiger partial charge in [0.1, 0.15) is 5.60 Å². The monoisotopic (exact) mass is 256 g/mol. The summed E-state index contributed by atoms with van der Waals surface area (Å²) in [6, 6.07) is 0. The Morgan fingerprint density at radius 2 is 2.20 bits per heavy atom. The molecule has 2 N–H and O–H groups in total. The molecule has 0 spiro atoms. The van der Waals surface area contributed by atoms with Gasteiger partial charge in [0.2, 0.25) is 0 Å². The molecule has 15 heavy (non-hydrogen) atoms. The largest absolute Gasteiger partial charge is 0.393 e. The van der Waals surface area contributed by atoms with E-state index in [2.05, 4.69) is 0 Å². The molecule has 1 heterocycles. The SMILES string of the molecule is CCOP1(=O)OC(C)(CO)C(Cl)=C1CO. The molecule has 5 nitrogen and oxygen atoms in total. The molecule has 2 atom stereocenters. The van der Waals surface area contributed by atoms with Crippen LogP contribution < -0.4 is 0 Å². The minimum atomic E-state index is -3.54. The van der Waals surface area contributed by atoms with Gasteiger partial charge in [-0.2, -0.15) is 0 Å². The summed E-state index contributed by atoms with van der Waals surface area (Å²) in [4.78, 5) is 0. The summed E-state index contributed by atoms with van der Waals surface area (Å²) in [6.07, 6.45) is 0. The normalized spacial score (nSPS) is 36.3. The van der Waals surface area contributed by atoms with Crippen LogP contribution in [0.25, 0.3) is 0 Å². The molecule has 0 fully saturated rings. The number of rotatable bonds is 4. The molecule has 0 bridgehead atoms. The average molecular weight is 257 g/mol. The highest BCUT2D eigenvalue weighted by Crippen LogP contribution is 2.66. The maximum atomic E-state index is 12.1. The minimum Gasteiger partial charge on any atom is -0.393 e. The molecule has 0 saturated heterocycles. The van der Waals surface area contributed by atoms with E-state index in [1.165, 1.54) is 6.92 Å². The molecule has 1 rings (SSSR count). The Labute approximate surface area is 93.2 Å². The molecule has 0 aromatic heterocycles. The lowest BCUT2D eigenvalue weighted by atomic mass is 10.1. The molecule has 0 radical (unpaired) electrons. The fourth-order valence-corrected chi connectivity index (χ4v) is 3.83. The summed E-state index contributed by atoms with van der Waals surface area (Å²) in [7, 11) is -3.54. The van der Waals surface area contributed by atoms with Crippen molar-refractivity contribution in [3.05, 3.63) is 10.3 Å². The smallest absolute Gasteiger partial charge is 0.361 e. The number of hydrogen-bond donors (Lipinski definition) is 2. The van der Waals surface area contributed by atoms with Crippen molar-refractivity contribution in [3.63, 3.8) is 0 Å². The molecule has 88 valence electrons. The van der Waals surface area contributed by atoms with E-state index >= 15 is 0 Å². The van der Waals surface area contributed by atoms with E-state index in [1.54, 1.807) is 6.92 Å². The van der Waals surface area contributed by atoms with Gasteiger partial charge >= 0.3 is 7.60 Å². The van der Waals surface area contributed by atoms with Crippen LogP contribution in [-0.2, 0) is 13.6 Å². The van der Waals surface area contributed by atoms with Crippen LogP contribution in [0.15, 0.2) is 10.3 Å². The van der Waals surface area contributed by atoms with Gasteiger partial charge in [0.05, 0.1) is 30.2 Å². The maximum Gasteiger partial charge on any atom is 0.361 e. The first-order valence-electron chi connectivity index (χ1n) is 4.50. The molecule has 0 aliphatic carbocycles. The van der Waals surface area contributed by atoms with Crippen molar-refractivity contribution in [2.75, 3.05) is 19.8 Å². The van der Waals surface area contributed by atoms with Crippen LogP contribution in [0.4, 0.5) is 0 Å². The van der Waals surface area contributed by atoms with E-state index in [0.717, 1.165) is 0 Å². The lowest BCUT2D eigenvalue weighted by molar-refractivity contribution is 0.0557. The summed E-state index contributed by atoms with van der Waals surface area (Å²) in [6.45, 7) is 2.38. The highest BCUT2D eigenvalue weighted by atomic mass is 35.5. The highest BCUT2D eigenvalue weighted by Gasteiger charge is 2.50. The van der Waals surface area contributed by atoms with Crippen LogP contribution in [0.1, 0.15) is 13.8 Å². The number of hydrogen-bond acceptors (Lipinski definition) is 5. The van der Waals surface area contributed by atoms with Crippen molar-refractivity contribution in [3.8, 4) is 0 Å². The Balaban J connectivity index is 3.14. The second-order valence-electron chi connectivity index (χ2n) is 3.31. The fourth-order valence-electron chi connectivity index (χ4n) is 1.31. The van der Waals surface area contributed by atoms with Crippen molar-refractivity contribution in [1.82, 2.24) is 0 Å². The molecule has 0 amide bonds. The first-order chi connectivity index (χ1) is 6.93. The van der Waals surface area contributed by atoms with E-state index in [0.29, 0.717) is 0 Å². The highest BCUT2D eigenvalue weighted by molar-refractivity contribution is 7.59. The van der Waals surface area contributed by atoms with Gasteiger partial charge in [-0.3, -0.25) is 9.09 Å². The molecule has 1 aliphatic heterocycles. The average Bonchev–Trinajstić information content (AvgIpc) is 2.36. The van der Waals surface area contributed by atoms with E-state index in [9.17, 15) is 4.57 Å². The zero-order valence-electron chi connectivity index (χ0n) is 8.57. The van der Waals surface area contributed by atoms with Gasteiger partial charge in [0.25, 0.3) is 0 Å². The van der Waals surface area contributed by atoms with Crippen molar-refractivity contribution in [1.29, 1.82) is 0 Å². The molecule has 2 unspecified atom stereocenters. The van der Waals surface area contributed by atoms with Crippen molar-refractivity contribution >= 4 is 19.2 Å². The summed E-state index contributed by atoms with van der Waals surface area (Å²) < 4.78 is 22.2. The molecular weight excluding hydrogens is 243 g/mol. The topological polar surface area (TPSA) is 76.0 Å². The molecule has 7 heteroatoms. The molecule has 0 aromatic carbocycles. The first kappa shape index (κ1) is 13.2. The van der Waals surface area contributed by atoms with Gasteiger partial charge in [0.15, 0.2) is 0 Å². The zero-order chi connectivity index (χ0) is 11.7. The lowest BCUT2D eigenvalue weighted by Crippen LogP contribution is -2.29. The maximum absolute atomic E-state index is 12.1. The van der Waals surface area contributed by atoms with Gasteiger partial charge in [-0.25, -0.2) is 0 Å².